The maximum atomic E-state index is 12.6. The van der Waals surface area contributed by atoms with Crippen LogP contribution in [0.2, 0.25) is 5.02 Å². The number of morpholine rings is 1. The summed E-state index contributed by atoms with van der Waals surface area (Å²) in [7, 11) is -2.94. The monoisotopic (exact) mass is 480 g/mol. The van der Waals surface area contributed by atoms with Gasteiger partial charge in [-0.1, -0.05) is 11.6 Å². The molecule has 3 N–H and O–H groups in total. The van der Waals surface area contributed by atoms with E-state index in [2.05, 4.69) is 16.0 Å². The SMILES string of the molecule is O=C(Nc1ccc(Cl)cc1)N[C@H](C[SH](=O)=O)C(=O)Nc1ccc(N2CCOCC2=O)cc1. The van der Waals surface area contributed by atoms with E-state index >= 15 is 0 Å². The molecule has 12 heteroatoms. The van der Waals surface area contributed by atoms with Crippen molar-refractivity contribution in [2.24, 2.45) is 0 Å². The maximum absolute atomic E-state index is 12.6. The Hall–Kier alpha value is -3.15. The quantitative estimate of drug-likeness (QED) is 0.443. The van der Waals surface area contributed by atoms with E-state index in [0.717, 1.165) is 0 Å². The van der Waals surface area contributed by atoms with Gasteiger partial charge in [0.25, 0.3) is 5.91 Å². The lowest BCUT2D eigenvalue weighted by Gasteiger charge is -2.27. The fraction of sp³-hybridized carbons (Fsp3) is 0.250. The minimum Gasteiger partial charge on any atom is -0.370 e. The summed E-state index contributed by atoms with van der Waals surface area (Å²) in [6.07, 6.45) is 0. The largest absolute Gasteiger partial charge is 0.370 e. The summed E-state index contributed by atoms with van der Waals surface area (Å²) in [6, 6.07) is 10.7. The number of halogens is 1. The van der Waals surface area contributed by atoms with Crippen LogP contribution in [0.3, 0.4) is 0 Å². The first kappa shape index (κ1) is 23.5. The number of urea groups is 1. The van der Waals surface area contributed by atoms with Gasteiger partial charge in [-0.3, -0.25) is 9.59 Å². The molecule has 2 aromatic rings. The number of carbonyl (C=O) groups is 3. The summed E-state index contributed by atoms with van der Waals surface area (Å²) >= 11 is 5.80. The van der Waals surface area contributed by atoms with Crippen molar-refractivity contribution in [3.05, 3.63) is 53.6 Å². The molecule has 0 saturated carbocycles. The third-order valence-electron chi connectivity index (χ3n) is 4.49. The second kappa shape index (κ2) is 10.9. The lowest BCUT2D eigenvalue weighted by atomic mass is 10.2. The summed E-state index contributed by atoms with van der Waals surface area (Å²) in [6.45, 7) is 0.871. The predicted molar refractivity (Wildman–Crippen MR) is 121 cm³/mol. The fourth-order valence-corrected chi connectivity index (χ4v) is 3.63. The predicted octanol–water partition coefficient (Wildman–Crippen LogP) is 1.44. The molecule has 1 aliphatic rings. The van der Waals surface area contributed by atoms with E-state index in [4.69, 9.17) is 16.3 Å². The number of benzene rings is 2. The van der Waals surface area contributed by atoms with Gasteiger partial charge >= 0.3 is 6.03 Å². The van der Waals surface area contributed by atoms with Crippen molar-refractivity contribution in [2.75, 3.05) is 41.0 Å². The molecule has 1 atom stereocenters. The minimum absolute atomic E-state index is 0.0112. The van der Waals surface area contributed by atoms with E-state index in [9.17, 15) is 22.8 Å². The zero-order valence-electron chi connectivity index (χ0n) is 16.7. The summed E-state index contributed by atoms with van der Waals surface area (Å²) in [5, 5.41) is 7.92. The van der Waals surface area contributed by atoms with Crippen molar-refractivity contribution >= 4 is 57.2 Å². The van der Waals surface area contributed by atoms with Gasteiger partial charge in [0.05, 0.1) is 12.4 Å². The Morgan fingerprint density at radius 3 is 2.28 bits per heavy atom. The summed E-state index contributed by atoms with van der Waals surface area (Å²) in [5.74, 6) is -1.44. The van der Waals surface area contributed by atoms with Gasteiger partial charge in [-0.2, -0.15) is 0 Å². The number of ether oxygens (including phenoxy) is 1. The van der Waals surface area contributed by atoms with Crippen LogP contribution in [0.4, 0.5) is 21.9 Å². The molecule has 170 valence electrons. The van der Waals surface area contributed by atoms with Crippen LogP contribution in [-0.2, 0) is 25.0 Å². The summed E-state index contributed by atoms with van der Waals surface area (Å²) in [4.78, 5) is 38.3. The molecule has 10 nitrogen and oxygen atoms in total. The topological polar surface area (TPSA) is 134 Å². The fourth-order valence-electron chi connectivity index (χ4n) is 2.95. The van der Waals surface area contributed by atoms with Crippen LogP contribution in [0.15, 0.2) is 48.5 Å². The molecule has 1 aliphatic heterocycles. The lowest BCUT2D eigenvalue weighted by molar-refractivity contribution is -0.125. The molecule has 4 amide bonds. The first-order valence-corrected chi connectivity index (χ1v) is 11.3. The molecule has 0 radical (unpaired) electrons. The van der Waals surface area contributed by atoms with E-state index in [1.165, 1.54) is 0 Å². The molecule has 0 spiro atoms. The van der Waals surface area contributed by atoms with Crippen molar-refractivity contribution in [1.29, 1.82) is 0 Å². The van der Waals surface area contributed by atoms with Gasteiger partial charge in [0.15, 0.2) is 0 Å². The molecule has 0 aromatic heterocycles. The lowest BCUT2D eigenvalue weighted by Crippen LogP contribution is -2.48. The molecule has 1 fully saturated rings. The van der Waals surface area contributed by atoms with Gasteiger partial charge in [-0.05, 0) is 48.5 Å². The number of thiol groups is 1. The van der Waals surface area contributed by atoms with Gasteiger partial charge in [0, 0.05) is 28.6 Å². The molecule has 1 heterocycles. The first-order valence-electron chi connectivity index (χ1n) is 9.56. The Labute approximate surface area is 190 Å². The third-order valence-corrected chi connectivity index (χ3v) is 5.40. The number of carbonyl (C=O) groups excluding carboxylic acids is 3. The molecular weight excluding hydrogens is 460 g/mol. The van der Waals surface area contributed by atoms with E-state index in [-0.39, 0.29) is 12.5 Å². The van der Waals surface area contributed by atoms with Gasteiger partial charge in [-0.25, -0.2) is 13.2 Å². The molecule has 32 heavy (non-hydrogen) atoms. The number of nitrogens with one attached hydrogen (secondary N) is 3. The first-order chi connectivity index (χ1) is 15.3. The number of amides is 4. The Balaban J connectivity index is 1.63. The second-order valence-electron chi connectivity index (χ2n) is 6.81. The van der Waals surface area contributed by atoms with Crippen molar-refractivity contribution < 1.29 is 27.5 Å². The van der Waals surface area contributed by atoms with Crippen LogP contribution in [0, 0.1) is 0 Å². The summed E-state index contributed by atoms with van der Waals surface area (Å²) < 4.78 is 27.5. The zero-order chi connectivity index (χ0) is 23.1. The van der Waals surface area contributed by atoms with Crippen molar-refractivity contribution in [3.63, 3.8) is 0 Å². The van der Waals surface area contributed by atoms with E-state index < -0.39 is 34.4 Å². The van der Waals surface area contributed by atoms with Gasteiger partial charge in [0.1, 0.15) is 23.4 Å². The van der Waals surface area contributed by atoms with Crippen LogP contribution in [0.1, 0.15) is 0 Å². The Morgan fingerprint density at radius 2 is 1.66 bits per heavy atom. The second-order valence-corrected chi connectivity index (χ2v) is 8.27. The van der Waals surface area contributed by atoms with Crippen molar-refractivity contribution in [1.82, 2.24) is 5.32 Å². The smallest absolute Gasteiger partial charge is 0.319 e. The van der Waals surface area contributed by atoms with Gasteiger partial charge in [-0.15, -0.1) is 0 Å². The maximum Gasteiger partial charge on any atom is 0.319 e. The van der Waals surface area contributed by atoms with Crippen LogP contribution in [-0.4, -0.2) is 57.8 Å². The Morgan fingerprint density at radius 1 is 1.03 bits per heavy atom. The van der Waals surface area contributed by atoms with Gasteiger partial charge < -0.3 is 25.6 Å². The molecule has 0 unspecified atom stereocenters. The summed E-state index contributed by atoms with van der Waals surface area (Å²) in [5.41, 5.74) is 1.45. The molecular formula is C20H21ClN4O6S. The standard InChI is InChI=1S/C20H21ClN4O6S/c21-13-1-3-15(4-2-13)23-20(28)24-17(12-32(29)30)19(27)22-14-5-7-16(8-6-14)25-9-10-31-11-18(25)26/h1-8,17,32H,9-12H2,(H,22,27)(H2,23,24,28)/t17-/m1/s1. The highest BCUT2D eigenvalue weighted by molar-refractivity contribution is 7.72. The highest BCUT2D eigenvalue weighted by Crippen LogP contribution is 2.20. The average Bonchev–Trinajstić information content (AvgIpc) is 2.75. The number of rotatable bonds is 7. The molecule has 1 saturated heterocycles. The van der Waals surface area contributed by atoms with Crippen molar-refractivity contribution in [2.45, 2.75) is 6.04 Å². The van der Waals surface area contributed by atoms with Crippen LogP contribution in [0.5, 0.6) is 0 Å². The van der Waals surface area contributed by atoms with E-state index in [1.807, 2.05) is 0 Å². The molecule has 0 bridgehead atoms. The van der Waals surface area contributed by atoms with Crippen LogP contribution >= 0.6 is 11.6 Å². The van der Waals surface area contributed by atoms with E-state index in [1.54, 1.807) is 53.4 Å². The molecule has 2 aromatic carbocycles. The van der Waals surface area contributed by atoms with Crippen molar-refractivity contribution in [3.8, 4) is 0 Å². The number of hydrogen-bond donors (Lipinski definition) is 4. The molecule has 3 rings (SSSR count). The highest BCUT2D eigenvalue weighted by Gasteiger charge is 2.23. The van der Waals surface area contributed by atoms with Crippen LogP contribution < -0.4 is 20.9 Å². The van der Waals surface area contributed by atoms with Crippen LogP contribution in [0.25, 0.3) is 0 Å². The average molecular weight is 481 g/mol. The number of nitrogens with zero attached hydrogens (tertiary/aromatic N) is 1. The minimum atomic E-state index is -2.94. The highest BCUT2D eigenvalue weighted by atomic mass is 35.5. The number of hydrogen-bond acceptors (Lipinski definition) is 6. The number of anilines is 3. The third kappa shape index (κ3) is 6.67. The molecule has 0 aliphatic carbocycles. The van der Waals surface area contributed by atoms with Gasteiger partial charge in [0.2, 0.25) is 5.91 Å². The normalized spacial score (nSPS) is 14.7. The Bertz CT molecular complexity index is 1050. The zero-order valence-corrected chi connectivity index (χ0v) is 18.4. The Kier molecular flexibility index (Phi) is 8.03. The van der Waals surface area contributed by atoms with E-state index in [0.29, 0.717) is 35.2 Å².